The lowest BCUT2D eigenvalue weighted by Crippen LogP contribution is -2.49. The van der Waals surface area contributed by atoms with Gasteiger partial charge in [-0.25, -0.2) is 4.39 Å². The maximum absolute atomic E-state index is 13.7. The Balaban J connectivity index is 3.01. The molecule has 0 aliphatic heterocycles. The molecule has 20 heavy (non-hydrogen) atoms. The molecule has 0 aromatic heterocycles. The summed E-state index contributed by atoms with van der Waals surface area (Å²) < 4.78 is 13.7. The van der Waals surface area contributed by atoms with Gasteiger partial charge in [-0.2, -0.15) is 0 Å². The van der Waals surface area contributed by atoms with Crippen molar-refractivity contribution in [1.29, 1.82) is 0 Å². The largest absolute Gasteiger partial charge is 0.345 e. The molecule has 0 aliphatic rings. The number of nitro benzene ring substituents is 1. The number of nitrogens with zero attached hydrogens (tertiary/aromatic N) is 1. The summed E-state index contributed by atoms with van der Waals surface area (Å²) in [4.78, 5) is 21.9. The van der Waals surface area contributed by atoms with E-state index in [0.29, 0.717) is 12.8 Å². The van der Waals surface area contributed by atoms with Crippen molar-refractivity contribution in [2.45, 2.75) is 32.2 Å². The number of rotatable bonds is 6. The Hall–Kier alpha value is -1.69. The van der Waals surface area contributed by atoms with Gasteiger partial charge >= 0.3 is 0 Å². The molecule has 0 fully saturated rings. The normalized spacial score (nSPS) is 11.2. The first-order chi connectivity index (χ1) is 9.39. The molecular formula is C13H16ClFN2O3. The van der Waals surface area contributed by atoms with Gasteiger partial charge in [0.05, 0.1) is 22.1 Å². The Morgan fingerprint density at radius 2 is 2.05 bits per heavy atom. The fourth-order valence-corrected chi connectivity index (χ4v) is 2.20. The van der Waals surface area contributed by atoms with Gasteiger partial charge in [-0.1, -0.05) is 13.8 Å². The monoisotopic (exact) mass is 302 g/mol. The van der Waals surface area contributed by atoms with E-state index in [1.165, 1.54) is 0 Å². The van der Waals surface area contributed by atoms with Crippen LogP contribution in [-0.2, 0) is 0 Å². The molecular weight excluding hydrogens is 287 g/mol. The van der Waals surface area contributed by atoms with Crippen molar-refractivity contribution < 1.29 is 14.1 Å². The Kier molecular flexibility index (Phi) is 5.44. The molecule has 0 aliphatic carbocycles. The molecule has 1 aromatic rings. The van der Waals surface area contributed by atoms with Crippen LogP contribution in [0.25, 0.3) is 0 Å². The van der Waals surface area contributed by atoms with Crippen molar-refractivity contribution in [2.24, 2.45) is 0 Å². The van der Waals surface area contributed by atoms with E-state index in [4.69, 9.17) is 11.6 Å². The molecule has 5 nitrogen and oxygen atoms in total. The quantitative estimate of drug-likeness (QED) is 0.498. The second-order valence-corrected chi connectivity index (χ2v) is 4.76. The number of hydrogen-bond acceptors (Lipinski definition) is 3. The van der Waals surface area contributed by atoms with Gasteiger partial charge < -0.3 is 5.32 Å². The summed E-state index contributed by atoms with van der Waals surface area (Å²) in [7, 11) is 0. The molecule has 1 amide bonds. The number of amides is 1. The van der Waals surface area contributed by atoms with E-state index in [-0.39, 0.29) is 11.4 Å². The van der Waals surface area contributed by atoms with Gasteiger partial charge in [0.15, 0.2) is 0 Å². The average Bonchev–Trinajstić information content (AvgIpc) is 2.44. The number of nitro groups is 1. The van der Waals surface area contributed by atoms with Gasteiger partial charge in [0, 0.05) is 11.9 Å². The summed E-state index contributed by atoms with van der Waals surface area (Å²) in [5.74, 6) is -1.34. The van der Waals surface area contributed by atoms with Gasteiger partial charge in [-0.3, -0.25) is 14.9 Å². The molecule has 7 heteroatoms. The highest BCUT2D eigenvalue weighted by molar-refractivity contribution is 6.19. The lowest BCUT2D eigenvalue weighted by molar-refractivity contribution is -0.385. The number of benzene rings is 1. The summed E-state index contributed by atoms with van der Waals surface area (Å²) in [6.07, 6.45) is 1.21. The number of carbonyl (C=O) groups is 1. The molecule has 0 unspecified atom stereocenters. The highest BCUT2D eigenvalue weighted by Crippen LogP contribution is 2.20. The van der Waals surface area contributed by atoms with Crippen LogP contribution in [0, 0.1) is 15.9 Å². The summed E-state index contributed by atoms with van der Waals surface area (Å²) in [5.41, 5.74) is -1.23. The van der Waals surface area contributed by atoms with E-state index in [0.717, 1.165) is 18.2 Å². The Morgan fingerprint density at radius 1 is 1.45 bits per heavy atom. The number of nitrogens with one attached hydrogen (secondary N) is 1. The average molecular weight is 303 g/mol. The van der Waals surface area contributed by atoms with Gasteiger partial charge in [0.1, 0.15) is 5.82 Å². The van der Waals surface area contributed by atoms with Crippen molar-refractivity contribution in [2.75, 3.05) is 5.88 Å². The van der Waals surface area contributed by atoms with Crippen LogP contribution in [0.15, 0.2) is 18.2 Å². The van der Waals surface area contributed by atoms with Crippen molar-refractivity contribution in [3.05, 3.63) is 39.7 Å². The SMILES string of the molecule is CCC(CC)(CCl)NC(=O)c1ccc([N+](=O)[O-])cc1F. The van der Waals surface area contributed by atoms with Crippen LogP contribution in [0.4, 0.5) is 10.1 Å². The molecule has 1 aromatic carbocycles. The summed E-state index contributed by atoms with van der Waals surface area (Å²) >= 11 is 5.86. The van der Waals surface area contributed by atoms with E-state index in [9.17, 15) is 19.3 Å². The van der Waals surface area contributed by atoms with Gasteiger partial charge in [-0.15, -0.1) is 11.6 Å². The highest BCUT2D eigenvalue weighted by Gasteiger charge is 2.28. The zero-order valence-electron chi connectivity index (χ0n) is 11.3. The van der Waals surface area contributed by atoms with Crippen LogP contribution < -0.4 is 5.32 Å². The van der Waals surface area contributed by atoms with Gasteiger partial charge in [0.2, 0.25) is 0 Å². The van der Waals surface area contributed by atoms with Crippen LogP contribution in [0.1, 0.15) is 37.0 Å². The maximum atomic E-state index is 13.7. The molecule has 0 heterocycles. The molecule has 0 radical (unpaired) electrons. The Morgan fingerprint density at radius 3 is 2.45 bits per heavy atom. The maximum Gasteiger partial charge on any atom is 0.272 e. The molecule has 0 atom stereocenters. The van der Waals surface area contributed by atoms with E-state index in [1.807, 2.05) is 13.8 Å². The molecule has 110 valence electrons. The summed E-state index contributed by atoms with van der Waals surface area (Å²) in [6, 6.07) is 2.93. The number of carbonyl (C=O) groups excluding carboxylic acids is 1. The first-order valence-electron chi connectivity index (χ1n) is 6.21. The smallest absolute Gasteiger partial charge is 0.272 e. The first kappa shape index (κ1) is 16.4. The zero-order chi connectivity index (χ0) is 15.3. The van der Waals surface area contributed by atoms with E-state index in [1.54, 1.807) is 0 Å². The van der Waals surface area contributed by atoms with Gasteiger partial charge in [-0.05, 0) is 18.9 Å². The topological polar surface area (TPSA) is 72.2 Å². The number of non-ortho nitro benzene ring substituents is 1. The lowest BCUT2D eigenvalue weighted by Gasteiger charge is -2.30. The molecule has 0 saturated heterocycles. The van der Waals surface area contributed by atoms with Crippen molar-refractivity contribution >= 4 is 23.2 Å². The zero-order valence-corrected chi connectivity index (χ0v) is 12.0. The molecule has 1 N–H and O–H groups in total. The van der Waals surface area contributed by atoms with Crippen LogP contribution in [0.5, 0.6) is 0 Å². The fourth-order valence-electron chi connectivity index (χ4n) is 1.76. The van der Waals surface area contributed by atoms with Crippen molar-refractivity contribution in [1.82, 2.24) is 5.32 Å². The summed E-state index contributed by atoms with van der Waals surface area (Å²) in [6.45, 7) is 3.75. The van der Waals surface area contributed by atoms with E-state index < -0.39 is 27.9 Å². The number of halogens is 2. The van der Waals surface area contributed by atoms with Crippen LogP contribution >= 0.6 is 11.6 Å². The standard InChI is InChI=1S/C13H16ClFN2O3/c1-3-13(4-2,8-14)16-12(18)10-6-5-9(17(19)20)7-11(10)15/h5-7H,3-4,8H2,1-2H3,(H,16,18). The predicted octanol–water partition coefficient (Wildman–Crippen LogP) is 3.26. The van der Waals surface area contributed by atoms with E-state index in [2.05, 4.69) is 5.32 Å². The van der Waals surface area contributed by atoms with Crippen LogP contribution in [0.3, 0.4) is 0 Å². The summed E-state index contributed by atoms with van der Waals surface area (Å²) in [5, 5.41) is 13.2. The Labute approximate surface area is 121 Å². The minimum absolute atomic E-state index is 0.209. The van der Waals surface area contributed by atoms with Crippen LogP contribution in [-0.4, -0.2) is 22.2 Å². The molecule has 1 rings (SSSR count). The predicted molar refractivity (Wildman–Crippen MR) is 74.6 cm³/mol. The second kappa shape index (κ2) is 6.65. The third-order valence-corrected chi connectivity index (χ3v) is 3.91. The minimum atomic E-state index is -0.924. The molecule has 0 spiro atoms. The van der Waals surface area contributed by atoms with Crippen LogP contribution in [0.2, 0.25) is 0 Å². The fraction of sp³-hybridized carbons (Fsp3) is 0.462. The lowest BCUT2D eigenvalue weighted by atomic mass is 9.94. The Bertz CT molecular complexity index is 510. The third-order valence-electron chi connectivity index (χ3n) is 3.40. The number of hydrogen-bond donors (Lipinski definition) is 1. The van der Waals surface area contributed by atoms with E-state index >= 15 is 0 Å². The highest BCUT2D eigenvalue weighted by atomic mass is 35.5. The van der Waals surface area contributed by atoms with Crippen molar-refractivity contribution in [3.63, 3.8) is 0 Å². The van der Waals surface area contributed by atoms with Gasteiger partial charge in [0.25, 0.3) is 11.6 Å². The van der Waals surface area contributed by atoms with Crippen molar-refractivity contribution in [3.8, 4) is 0 Å². The molecule has 0 saturated carbocycles. The second-order valence-electron chi connectivity index (χ2n) is 4.50. The third kappa shape index (κ3) is 3.45. The molecule has 0 bridgehead atoms. The minimum Gasteiger partial charge on any atom is -0.345 e. The number of alkyl halides is 1. The first-order valence-corrected chi connectivity index (χ1v) is 6.75.